The minimum atomic E-state index is 0.792. The van der Waals surface area contributed by atoms with Crippen molar-refractivity contribution in [2.45, 2.75) is 44.9 Å². The van der Waals surface area contributed by atoms with Gasteiger partial charge in [-0.25, -0.2) is 0 Å². The zero-order valence-corrected chi connectivity index (χ0v) is 8.08. The molecule has 1 atom stereocenters. The van der Waals surface area contributed by atoms with Crippen molar-refractivity contribution in [2.75, 3.05) is 5.75 Å². The zero-order valence-electron chi connectivity index (χ0n) is 7.18. The monoisotopic (exact) mass is 170 g/mol. The quantitative estimate of drug-likeness (QED) is 0.574. The first-order valence-corrected chi connectivity index (χ1v) is 5.61. The van der Waals surface area contributed by atoms with Gasteiger partial charge in [0, 0.05) is 0 Å². The van der Waals surface area contributed by atoms with Crippen LogP contribution in [0, 0.1) is 11.3 Å². The Balaban J connectivity index is 1.97. The van der Waals surface area contributed by atoms with Crippen LogP contribution in [0.4, 0.5) is 0 Å². The van der Waals surface area contributed by atoms with Crippen molar-refractivity contribution < 1.29 is 0 Å². The van der Waals surface area contributed by atoms with Gasteiger partial charge < -0.3 is 0 Å². The Morgan fingerprint density at radius 2 is 1.82 bits per heavy atom. The van der Waals surface area contributed by atoms with Crippen molar-refractivity contribution in [3.05, 3.63) is 0 Å². The van der Waals surface area contributed by atoms with Crippen molar-refractivity contribution in [2.24, 2.45) is 11.3 Å². The van der Waals surface area contributed by atoms with Gasteiger partial charge in [-0.3, -0.25) is 0 Å². The highest BCUT2D eigenvalue weighted by atomic mass is 32.1. The first kappa shape index (κ1) is 7.97. The van der Waals surface area contributed by atoms with Crippen LogP contribution < -0.4 is 0 Å². The molecule has 0 aliphatic heterocycles. The molecule has 0 saturated heterocycles. The average Bonchev–Trinajstić information content (AvgIpc) is 2.05. The molecule has 11 heavy (non-hydrogen) atoms. The van der Waals surface area contributed by atoms with Gasteiger partial charge in [-0.2, -0.15) is 12.6 Å². The van der Waals surface area contributed by atoms with E-state index >= 15 is 0 Å². The van der Waals surface area contributed by atoms with Gasteiger partial charge in [0.1, 0.15) is 0 Å². The highest BCUT2D eigenvalue weighted by Crippen LogP contribution is 2.55. The van der Waals surface area contributed by atoms with Crippen LogP contribution in [0.5, 0.6) is 0 Å². The second-order valence-corrected chi connectivity index (χ2v) is 4.71. The summed E-state index contributed by atoms with van der Waals surface area (Å²) in [5, 5.41) is 0. The van der Waals surface area contributed by atoms with Gasteiger partial charge in [-0.1, -0.05) is 19.3 Å². The predicted octanol–water partition coefficient (Wildman–Crippen LogP) is 3.28. The van der Waals surface area contributed by atoms with E-state index in [1.165, 1.54) is 44.9 Å². The van der Waals surface area contributed by atoms with E-state index in [-0.39, 0.29) is 0 Å². The topological polar surface area (TPSA) is 0 Å². The lowest BCUT2D eigenvalue weighted by Crippen LogP contribution is -2.42. The van der Waals surface area contributed by atoms with E-state index in [2.05, 4.69) is 12.6 Å². The molecule has 2 fully saturated rings. The van der Waals surface area contributed by atoms with Gasteiger partial charge >= 0.3 is 0 Å². The Hall–Kier alpha value is 0.350. The number of hydrogen-bond acceptors (Lipinski definition) is 1. The average molecular weight is 170 g/mol. The second kappa shape index (κ2) is 3.01. The summed E-state index contributed by atoms with van der Waals surface area (Å²) in [4.78, 5) is 0. The van der Waals surface area contributed by atoms with Crippen LogP contribution in [0.15, 0.2) is 0 Å². The fraction of sp³-hybridized carbons (Fsp3) is 1.00. The summed E-state index contributed by atoms with van der Waals surface area (Å²) >= 11 is 4.43. The molecular weight excluding hydrogens is 152 g/mol. The number of rotatable bonds is 1. The molecule has 0 N–H and O–H groups in total. The maximum absolute atomic E-state index is 4.43. The van der Waals surface area contributed by atoms with E-state index in [1.54, 1.807) is 0 Å². The third-order valence-corrected chi connectivity index (χ3v) is 4.37. The first-order valence-electron chi connectivity index (χ1n) is 4.98. The fourth-order valence-corrected chi connectivity index (χ4v) is 3.53. The summed E-state index contributed by atoms with van der Waals surface area (Å²) in [7, 11) is 0. The smallest absolute Gasteiger partial charge is 0.00642 e. The van der Waals surface area contributed by atoms with E-state index in [9.17, 15) is 0 Å². The fourth-order valence-electron chi connectivity index (χ4n) is 2.96. The molecular formula is C10H18S. The first-order chi connectivity index (χ1) is 5.37. The minimum absolute atomic E-state index is 0.792. The predicted molar refractivity (Wildman–Crippen MR) is 52.1 cm³/mol. The van der Waals surface area contributed by atoms with E-state index in [4.69, 9.17) is 0 Å². The second-order valence-electron chi connectivity index (χ2n) is 4.34. The molecule has 0 aromatic carbocycles. The largest absolute Gasteiger partial charge is 0.179 e. The zero-order chi connectivity index (χ0) is 7.73. The molecule has 2 rings (SSSR count). The van der Waals surface area contributed by atoms with E-state index in [0.717, 1.165) is 17.1 Å². The molecule has 0 aromatic heterocycles. The van der Waals surface area contributed by atoms with E-state index < -0.39 is 0 Å². The minimum Gasteiger partial charge on any atom is -0.179 e. The van der Waals surface area contributed by atoms with Crippen molar-refractivity contribution >= 4 is 12.6 Å². The van der Waals surface area contributed by atoms with Crippen LogP contribution in [0.25, 0.3) is 0 Å². The normalized spacial score (nSPS) is 35.2. The van der Waals surface area contributed by atoms with Gasteiger partial charge in [0.2, 0.25) is 0 Å². The summed E-state index contributed by atoms with van der Waals surface area (Å²) < 4.78 is 0. The van der Waals surface area contributed by atoms with E-state index in [0.29, 0.717) is 0 Å². The van der Waals surface area contributed by atoms with Gasteiger partial charge in [0.05, 0.1) is 0 Å². The highest BCUT2D eigenvalue weighted by molar-refractivity contribution is 7.80. The molecule has 0 nitrogen and oxygen atoms in total. The van der Waals surface area contributed by atoms with Gasteiger partial charge in [0.25, 0.3) is 0 Å². The van der Waals surface area contributed by atoms with Gasteiger partial charge in [0.15, 0.2) is 0 Å². The molecule has 2 aliphatic rings. The van der Waals surface area contributed by atoms with E-state index in [1.807, 2.05) is 0 Å². The molecule has 64 valence electrons. The molecule has 1 heteroatoms. The number of hydrogen-bond donors (Lipinski definition) is 1. The maximum atomic E-state index is 4.43. The summed E-state index contributed by atoms with van der Waals surface area (Å²) in [6, 6.07) is 0. The van der Waals surface area contributed by atoms with Crippen LogP contribution in [-0.2, 0) is 0 Å². The third-order valence-electron chi connectivity index (χ3n) is 3.93. The summed E-state index contributed by atoms with van der Waals surface area (Å²) in [5.41, 5.74) is 0.792. The summed E-state index contributed by atoms with van der Waals surface area (Å²) in [6.07, 6.45) is 10.5. The molecule has 2 aliphatic carbocycles. The lowest BCUT2D eigenvalue weighted by molar-refractivity contribution is 0.00641. The summed E-state index contributed by atoms with van der Waals surface area (Å²) in [5.74, 6) is 2.12. The molecule has 1 spiro atoms. The van der Waals surface area contributed by atoms with Crippen LogP contribution in [-0.4, -0.2) is 5.75 Å². The van der Waals surface area contributed by atoms with Crippen LogP contribution in [0.2, 0.25) is 0 Å². The SMILES string of the molecule is SCC1CCC12CCCCC2. The molecule has 0 amide bonds. The molecule has 0 bridgehead atoms. The lowest BCUT2D eigenvalue weighted by Gasteiger charge is -2.52. The van der Waals surface area contributed by atoms with Crippen LogP contribution in [0.3, 0.4) is 0 Å². The molecule has 0 heterocycles. The Morgan fingerprint density at radius 3 is 2.27 bits per heavy atom. The van der Waals surface area contributed by atoms with Crippen molar-refractivity contribution in [1.82, 2.24) is 0 Å². The van der Waals surface area contributed by atoms with Crippen LogP contribution >= 0.6 is 12.6 Å². The van der Waals surface area contributed by atoms with Gasteiger partial charge in [-0.15, -0.1) is 0 Å². The lowest BCUT2D eigenvalue weighted by atomic mass is 9.54. The maximum Gasteiger partial charge on any atom is -0.00642 e. The molecule has 1 unspecified atom stereocenters. The standard InChI is InChI=1S/C10H18S/c11-8-9-4-7-10(9)5-2-1-3-6-10/h9,11H,1-8H2. The van der Waals surface area contributed by atoms with Crippen molar-refractivity contribution in [3.63, 3.8) is 0 Å². The van der Waals surface area contributed by atoms with Crippen molar-refractivity contribution in [1.29, 1.82) is 0 Å². The van der Waals surface area contributed by atoms with Gasteiger partial charge in [-0.05, 0) is 42.8 Å². The Bertz CT molecular complexity index is 134. The Labute approximate surface area is 75.2 Å². The van der Waals surface area contributed by atoms with Crippen LogP contribution in [0.1, 0.15) is 44.9 Å². The highest BCUT2D eigenvalue weighted by Gasteiger charge is 2.45. The van der Waals surface area contributed by atoms with Crippen molar-refractivity contribution in [3.8, 4) is 0 Å². The Kier molecular flexibility index (Phi) is 2.18. The summed E-state index contributed by atoms with van der Waals surface area (Å²) in [6.45, 7) is 0. The molecule has 0 radical (unpaired) electrons. The molecule has 2 saturated carbocycles. The molecule has 0 aromatic rings. The number of thiol groups is 1. The third kappa shape index (κ3) is 1.22. The Morgan fingerprint density at radius 1 is 1.09 bits per heavy atom.